The minimum Gasteiger partial charge on any atom is -0.207 e. The SMILES string of the molecule is CCC(CC#N)NS(=O)(=O)c1cccc(C)c1. The van der Waals surface area contributed by atoms with E-state index in [2.05, 4.69) is 4.72 Å². The maximum absolute atomic E-state index is 12.0. The first kappa shape index (κ1) is 13.7. The lowest BCUT2D eigenvalue weighted by Crippen LogP contribution is -2.34. The van der Waals surface area contributed by atoms with Crippen LogP contribution >= 0.6 is 0 Å². The van der Waals surface area contributed by atoms with Crippen LogP contribution in [0.1, 0.15) is 25.3 Å². The molecule has 0 amide bonds. The second-order valence-corrected chi connectivity index (χ2v) is 5.62. The predicted molar refractivity (Wildman–Crippen MR) is 65.8 cm³/mol. The Kier molecular flexibility index (Phi) is 4.67. The third-order valence-corrected chi connectivity index (χ3v) is 3.97. The van der Waals surface area contributed by atoms with E-state index in [4.69, 9.17) is 5.26 Å². The Hall–Kier alpha value is -1.38. The van der Waals surface area contributed by atoms with Crippen molar-refractivity contribution in [1.82, 2.24) is 4.72 Å². The lowest BCUT2D eigenvalue weighted by atomic mass is 10.2. The lowest BCUT2D eigenvalue weighted by molar-refractivity contribution is 0.543. The quantitative estimate of drug-likeness (QED) is 0.871. The number of rotatable bonds is 5. The summed E-state index contributed by atoms with van der Waals surface area (Å²) in [4.78, 5) is 0.244. The van der Waals surface area contributed by atoms with Crippen LogP contribution in [0.3, 0.4) is 0 Å². The van der Waals surface area contributed by atoms with E-state index >= 15 is 0 Å². The van der Waals surface area contributed by atoms with Gasteiger partial charge in [-0.2, -0.15) is 5.26 Å². The van der Waals surface area contributed by atoms with E-state index in [1.807, 2.05) is 26.0 Å². The van der Waals surface area contributed by atoms with E-state index < -0.39 is 10.0 Å². The number of nitrogens with one attached hydrogen (secondary N) is 1. The Morgan fingerprint density at radius 2 is 2.18 bits per heavy atom. The van der Waals surface area contributed by atoms with Gasteiger partial charge in [-0.05, 0) is 31.0 Å². The molecule has 92 valence electrons. The van der Waals surface area contributed by atoms with Crippen LogP contribution in [0.2, 0.25) is 0 Å². The monoisotopic (exact) mass is 252 g/mol. The molecular weight excluding hydrogens is 236 g/mol. The average Bonchev–Trinajstić information content (AvgIpc) is 2.28. The van der Waals surface area contributed by atoms with Crippen molar-refractivity contribution in [3.63, 3.8) is 0 Å². The molecule has 1 atom stereocenters. The fourth-order valence-corrected chi connectivity index (χ4v) is 2.87. The third-order valence-electron chi connectivity index (χ3n) is 2.45. The summed E-state index contributed by atoms with van der Waals surface area (Å²) in [5.41, 5.74) is 0.890. The van der Waals surface area contributed by atoms with Gasteiger partial charge >= 0.3 is 0 Å². The van der Waals surface area contributed by atoms with Crippen LogP contribution in [0.5, 0.6) is 0 Å². The largest absolute Gasteiger partial charge is 0.240 e. The Balaban J connectivity index is 2.93. The molecule has 5 heteroatoms. The number of benzene rings is 1. The maximum atomic E-state index is 12.0. The molecule has 0 fully saturated rings. The molecule has 4 nitrogen and oxygen atoms in total. The molecule has 1 N–H and O–H groups in total. The van der Waals surface area contributed by atoms with Gasteiger partial charge in [-0.25, -0.2) is 13.1 Å². The average molecular weight is 252 g/mol. The molecule has 17 heavy (non-hydrogen) atoms. The van der Waals surface area contributed by atoms with Gasteiger partial charge in [0.25, 0.3) is 0 Å². The minimum atomic E-state index is -3.52. The zero-order chi connectivity index (χ0) is 12.9. The van der Waals surface area contributed by atoms with Crippen LogP contribution in [0.25, 0.3) is 0 Å². The fourth-order valence-electron chi connectivity index (χ4n) is 1.45. The van der Waals surface area contributed by atoms with E-state index in [0.29, 0.717) is 6.42 Å². The zero-order valence-corrected chi connectivity index (χ0v) is 10.8. The summed E-state index contributed by atoms with van der Waals surface area (Å²) in [5.74, 6) is 0. The molecule has 0 aliphatic heterocycles. The van der Waals surface area contributed by atoms with Crippen molar-refractivity contribution in [3.8, 4) is 6.07 Å². The van der Waals surface area contributed by atoms with Gasteiger partial charge in [0, 0.05) is 6.04 Å². The number of aryl methyl sites for hydroxylation is 1. The van der Waals surface area contributed by atoms with Crippen molar-refractivity contribution >= 4 is 10.0 Å². The van der Waals surface area contributed by atoms with Crippen molar-refractivity contribution in [2.24, 2.45) is 0 Å². The van der Waals surface area contributed by atoms with Crippen LogP contribution in [-0.2, 0) is 10.0 Å². The second-order valence-electron chi connectivity index (χ2n) is 3.91. The number of nitrogens with zero attached hydrogens (tertiary/aromatic N) is 1. The van der Waals surface area contributed by atoms with E-state index in [1.54, 1.807) is 18.2 Å². The zero-order valence-electron chi connectivity index (χ0n) is 9.97. The molecule has 1 rings (SSSR count). The molecule has 0 aliphatic rings. The van der Waals surface area contributed by atoms with Gasteiger partial charge in [-0.3, -0.25) is 0 Å². The molecule has 0 aromatic heterocycles. The normalized spacial score (nSPS) is 13.0. The molecule has 0 bridgehead atoms. The van der Waals surface area contributed by atoms with Crippen LogP contribution in [0.4, 0.5) is 0 Å². The van der Waals surface area contributed by atoms with Gasteiger partial charge < -0.3 is 0 Å². The van der Waals surface area contributed by atoms with Gasteiger partial charge in [0.15, 0.2) is 0 Å². The highest BCUT2D eigenvalue weighted by Gasteiger charge is 2.18. The Bertz CT molecular complexity index is 518. The number of sulfonamides is 1. The number of nitriles is 1. The Morgan fingerprint density at radius 3 is 2.71 bits per heavy atom. The molecule has 0 heterocycles. The topological polar surface area (TPSA) is 70.0 Å². The van der Waals surface area contributed by atoms with Gasteiger partial charge in [0.1, 0.15) is 0 Å². The highest BCUT2D eigenvalue weighted by Crippen LogP contribution is 2.12. The number of hydrogen-bond donors (Lipinski definition) is 1. The molecule has 0 aliphatic carbocycles. The van der Waals surface area contributed by atoms with E-state index in [1.165, 1.54) is 0 Å². The highest BCUT2D eigenvalue weighted by atomic mass is 32.2. The van der Waals surface area contributed by atoms with Crippen LogP contribution in [0.15, 0.2) is 29.2 Å². The first-order valence-corrected chi connectivity index (χ1v) is 6.94. The summed E-state index contributed by atoms with van der Waals surface area (Å²) in [6.45, 7) is 3.69. The summed E-state index contributed by atoms with van der Waals surface area (Å²) >= 11 is 0. The molecule has 0 saturated carbocycles. The number of hydrogen-bond acceptors (Lipinski definition) is 3. The van der Waals surface area contributed by atoms with E-state index in [-0.39, 0.29) is 17.4 Å². The molecule has 0 saturated heterocycles. The second kappa shape index (κ2) is 5.80. The van der Waals surface area contributed by atoms with Crippen molar-refractivity contribution in [3.05, 3.63) is 29.8 Å². The summed E-state index contributed by atoms with van der Waals surface area (Å²) in [6.07, 6.45) is 0.778. The maximum Gasteiger partial charge on any atom is 0.240 e. The van der Waals surface area contributed by atoms with Gasteiger partial charge in [0.05, 0.1) is 17.4 Å². The summed E-state index contributed by atoms with van der Waals surface area (Å²) < 4.78 is 26.6. The fraction of sp³-hybridized carbons (Fsp3) is 0.417. The Morgan fingerprint density at radius 1 is 1.47 bits per heavy atom. The van der Waals surface area contributed by atoms with Crippen molar-refractivity contribution in [2.45, 2.75) is 37.6 Å². The molecule has 0 radical (unpaired) electrons. The third kappa shape index (κ3) is 3.84. The predicted octanol–water partition coefficient (Wildman–Crippen LogP) is 1.97. The summed E-state index contributed by atoms with van der Waals surface area (Å²) in [7, 11) is -3.52. The van der Waals surface area contributed by atoms with Crippen LogP contribution in [-0.4, -0.2) is 14.5 Å². The Labute approximate surface area is 102 Å². The molecular formula is C12H16N2O2S. The van der Waals surface area contributed by atoms with E-state index in [0.717, 1.165) is 5.56 Å². The molecule has 1 aromatic rings. The minimum absolute atomic E-state index is 0.182. The summed E-state index contributed by atoms with van der Waals surface area (Å²) in [6, 6.07) is 8.35. The molecule has 1 aromatic carbocycles. The van der Waals surface area contributed by atoms with Crippen molar-refractivity contribution in [1.29, 1.82) is 5.26 Å². The van der Waals surface area contributed by atoms with Crippen molar-refractivity contribution in [2.75, 3.05) is 0 Å². The first-order chi connectivity index (χ1) is 7.99. The first-order valence-electron chi connectivity index (χ1n) is 5.45. The lowest BCUT2D eigenvalue weighted by Gasteiger charge is -2.14. The van der Waals surface area contributed by atoms with Crippen LogP contribution in [0, 0.1) is 18.3 Å². The van der Waals surface area contributed by atoms with Gasteiger partial charge in [0.2, 0.25) is 10.0 Å². The standard InChI is InChI=1S/C12H16N2O2S/c1-3-11(7-8-13)14-17(15,16)12-6-4-5-10(2)9-12/h4-6,9,11,14H,3,7H2,1-2H3. The van der Waals surface area contributed by atoms with Crippen LogP contribution < -0.4 is 4.72 Å². The molecule has 0 spiro atoms. The summed E-state index contributed by atoms with van der Waals surface area (Å²) in [5, 5.41) is 8.59. The van der Waals surface area contributed by atoms with Crippen molar-refractivity contribution < 1.29 is 8.42 Å². The van der Waals surface area contributed by atoms with Gasteiger partial charge in [-0.1, -0.05) is 19.1 Å². The van der Waals surface area contributed by atoms with Gasteiger partial charge in [-0.15, -0.1) is 0 Å². The highest BCUT2D eigenvalue weighted by molar-refractivity contribution is 7.89. The molecule has 1 unspecified atom stereocenters. The van der Waals surface area contributed by atoms with E-state index in [9.17, 15) is 8.42 Å². The smallest absolute Gasteiger partial charge is 0.207 e.